The number of carbonyl (C=O) groups excluding carboxylic acids is 1. The topological polar surface area (TPSA) is 96.6 Å². The van der Waals surface area contributed by atoms with Crippen LogP contribution in [0.4, 0.5) is 0 Å². The van der Waals surface area contributed by atoms with Crippen LogP contribution in [0.15, 0.2) is 4.52 Å². The van der Waals surface area contributed by atoms with Crippen LogP contribution >= 0.6 is 0 Å². The van der Waals surface area contributed by atoms with Gasteiger partial charge in [-0.3, -0.25) is 4.79 Å². The molecular weight excluding hydrogens is 332 g/mol. The fourth-order valence-electron chi connectivity index (χ4n) is 2.97. The minimum atomic E-state index is -3.35. The second-order valence-corrected chi connectivity index (χ2v) is 8.98. The summed E-state index contributed by atoms with van der Waals surface area (Å²) in [6.45, 7) is 1.17. The molecule has 0 aromatic carbocycles. The molecule has 0 bridgehead atoms. The van der Waals surface area contributed by atoms with Gasteiger partial charge in [0, 0.05) is 32.5 Å². The molecule has 0 radical (unpaired) electrons. The van der Waals surface area contributed by atoms with Gasteiger partial charge >= 0.3 is 0 Å². The van der Waals surface area contributed by atoms with Crippen LogP contribution in [0.1, 0.15) is 43.3 Å². The van der Waals surface area contributed by atoms with Crippen LogP contribution in [0, 0.1) is 5.92 Å². The maximum Gasteiger partial charge on any atom is 0.237 e. The van der Waals surface area contributed by atoms with Crippen molar-refractivity contribution in [1.29, 1.82) is 0 Å². The molecule has 1 atom stereocenters. The van der Waals surface area contributed by atoms with Crippen LogP contribution in [0.2, 0.25) is 0 Å². The van der Waals surface area contributed by atoms with Crippen LogP contribution in [0.25, 0.3) is 0 Å². The molecule has 1 saturated heterocycles. The number of aromatic nitrogens is 2. The van der Waals surface area contributed by atoms with E-state index in [1.807, 2.05) is 0 Å². The smallest absolute Gasteiger partial charge is 0.237 e. The molecular formula is C15H24N4O4S. The Morgan fingerprint density at radius 2 is 2.12 bits per heavy atom. The maximum atomic E-state index is 12.3. The molecule has 9 heteroatoms. The SMILES string of the molecule is CN(CC(=O)N1CCC[C@@H](Cc2nc(C3CC3)no2)C1)S(C)(=O)=O. The van der Waals surface area contributed by atoms with Gasteiger partial charge in [-0.2, -0.15) is 9.29 Å². The van der Waals surface area contributed by atoms with Gasteiger partial charge in [0.25, 0.3) is 0 Å². The summed E-state index contributed by atoms with van der Waals surface area (Å²) in [5.41, 5.74) is 0. The first-order valence-corrected chi connectivity index (χ1v) is 10.2. The zero-order valence-corrected chi connectivity index (χ0v) is 15.0. The highest BCUT2D eigenvalue weighted by Crippen LogP contribution is 2.38. The molecule has 134 valence electrons. The lowest BCUT2D eigenvalue weighted by atomic mass is 9.94. The van der Waals surface area contributed by atoms with Gasteiger partial charge in [-0.05, 0) is 31.6 Å². The summed E-state index contributed by atoms with van der Waals surface area (Å²) in [6.07, 6.45) is 5.96. The Labute approximate surface area is 142 Å². The van der Waals surface area contributed by atoms with Gasteiger partial charge in [0.2, 0.25) is 21.8 Å². The van der Waals surface area contributed by atoms with Crippen molar-refractivity contribution in [3.8, 4) is 0 Å². The number of rotatable bonds is 6. The zero-order chi connectivity index (χ0) is 17.3. The molecule has 24 heavy (non-hydrogen) atoms. The highest BCUT2D eigenvalue weighted by Gasteiger charge is 2.30. The summed E-state index contributed by atoms with van der Waals surface area (Å²) < 4.78 is 29.3. The van der Waals surface area contributed by atoms with E-state index in [0.717, 1.165) is 42.1 Å². The molecule has 1 aromatic heterocycles. The highest BCUT2D eigenvalue weighted by atomic mass is 32.2. The van der Waals surface area contributed by atoms with E-state index >= 15 is 0 Å². The first-order valence-electron chi connectivity index (χ1n) is 8.34. The highest BCUT2D eigenvalue weighted by molar-refractivity contribution is 7.88. The third-order valence-electron chi connectivity index (χ3n) is 4.69. The predicted octanol–water partition coefficient (Wildman–Crippen LogP) is 0.619. The average Bonchev–Trinajstić information content (AvgIpc) is 3.27. The molecule has 0 spiro atoms. The first kappa shape index (κ1) is 17.3. The molecule has 1 aromatic rings. The van der Waals surface area contributed by atoms with E-state index in [4.69, 9.17) is 4.52 Å². The number of likely N-dealkylation sites (N-methyl/N-ethyl adjacent to an activating group) is 1. The minimum Gasteiger partial charge on any atom is -0.341 e. The Morgan fingerprint density at radius 1 is 1.38 bits per heavy atom. The van der Waals surface area contributed by atoms with Crippen molar-refractivity contribution in [1.82, 2.24) is 19.3 Å². The average molecular weight is 356 g/mol. The van der Waals surface area contributed by atoms with Gasteiger partial charge in [0.05, 0.1) is 12.8 Å². The van der Waals surface area contributed by atoms with Crippen molar-refractivity contribution in [3.05, 3.63) is 11.7 Å². The normalized spacial score (nSPS) is 22.1. The summed E-state index contributed by atoms with van der Waals surface area (Å²) >= 11 is 0. The quantitative estimate of drug-likeness (QED) is 0.741. The van der Waals surface area contributed by atoms with Crippen molar-refractivity contribution < 1.29 is 17.7 Å². The summed E-state index contributed by atoms with van der Waals surface area (Å²) in [7, 11) is -1.92. The lowest BCUT2D eigenvalue weighted by Crippen LogP contribution is -2.45. The fourth-order valence-corrected chi connectivity index (χ4v) is 3.32. The van der Waals surface area contributed by atoms with Gasteiger partial charge in [-0.25, -0.2) is 8.42 Å². The third-order valence-corrected chi connectivity index (χ3v) is 5.95. The predicted molar refractivity (Wildman–Crippen MR) is 86.8 cm³/mol. The van der Waals surface area contributed by atoms with Crippen LogP contribution in [-0.4, -0.2) is 66.6 Å². The third kappa shape index (κ3) is 4.32. The van der Waals surface area contributed by atoms with Crippen molar-refractivity contribution in [2.75, 3.05) is 32.9 Å². The summed E-state index contributed by atoms with van der Waals surface area (Å²) in [6, 6.07) is 0. The number of nitrogens with zero attached hydrogens (tertiary/aromatic N) is 4. The van der Waals surface area contributed by atoms with Crippen LogP contribution in [-0.2, 0) is 21.2 Å². The standard InChI is InChI=1S/C15H24N4O4S/c1-18(24(2,21)22)10-14(20)19-7-3-4-11(9-19)8-13-16-15(17-23-13)12-5-6-12/h11-12H,3-10H2,1-2H3/t11-/m0/s1. The summed E-state index contributed by atoms with van der Waals surface area (Å²) in [5.74, 6) is 2.04. The summed E-state index contributed by atoms with van der Waals surface area (Å²) in [5, 5.41) is 4.02. The van der Waals surface area contributed by atoms with Gasteiger partial charge < -0.3 is 9.42 Å². The molecule has 2 heterocycles. The van der Waals surface area contributed by atoms with E-state index in [-0.39, 0.29) is 18.4 Å². The van der Waals surface area contributed by atoms with Gasteiger partial charge in [0.1, 0.15) is 0 Å². The molecule has 3 rings (SSSR count). The monoisotopic (exact) mass is 356 g/mol. The van der Waals surface area contributed by atoms with Crippen molar-refractivity contribution in [2.45, 2.75) is 38.0 Å². The largest absolute Gasteiger partial charge is 0.341 e. The number of piperidine rings is 1. The van der Waals surface area contributed by atoms with Gasteiger partial charge in [0.15, 0.2) is 5.82 Å². The van der Waals surface area contributed by atoms with Crippen LogP contribution in [0.5, 0.6) is 0 Å². The Morgan fingerprint density at radius 3 is 2.79 bits per heavy atom. The molecule has 1 saturated carbocycles. The lowest BCUT2D eigenvalue weighted by molar-refractivity contribution is -0.133. The number of carbonyl (C=O) groups is 1. The summed E-state index contributed by atoms with van der Waals surface area (Å²) in [4.78, 5) is 18.5. The van der Waals surface area contributed by atoms with E-state index in [1.165, 1.54) is 7.05 Å². The Hall–Kier alpha value is -1.48. The van der Waals surface area contributed by atoms with E-state index < -0.39 is 10.0 Å². The molecule has 2 aliphatic rings. The number of hydrogen-bond donors (Lipinski definition) is 0. The Balaban J connectivity index is 1.54. The number of hydrogen-bond acceptors (Lipinski definition) is 6. The first-order chi connectivity index (χ1) is 11.3. The van der Waals surface area contributed by atoms with Crippen LogP contribution < -0.4 is 0 Å². The number of amides is 1. The molecule has 1 amide bonds. The van der Waals surface area contributed by atoms with Crippen LogP contribution in [0.3, 0.4) is 0 Å². The second-order valence-electron chi connectivity index (χ2n) is 6.89. The Kier molecular flexibility index (Phi) is 4.91. The molecule has 2 fully saturated rings. The van der Waals surface area contributed by atoms with Crippen molar-refractivity contribution in [3.63, 3.8) is 0 Å². The molecule has 8 nitrogen and oxygen atoms in total. The zero-order valence-electron chi connectivity index (χ0n) is 14.1. The lowest BCUT2D eigenvalue weighted by Gasteiger charge is -2.33. The molecule has 0 N–H and O–H groups in total. The van der Waals surface area contributed by atoms with Crippen molar-refractivity contribution in [2.24, 2.45) is 5.92 Å². The van der Waals surface area contributed by atoms with Gasteiger partial charge in [-0.15, -0.1) is 0 Å². The van der Waals surface area contributed by atoms with E-state index in [1.54, 1.807) is 4.90 Å². The fraction of sp³-hybridized carbons (Fsp3) is 0.800. The van der Waals surface area contributed by atoms with E-state index in [9.17, 15) is 13.2 Å². The van der Waals surface area contributed by atoms with Gasteiger partial charge in [-0.1, -0.05) is 5.16 Å². The maximum absolute atomic E-state index is 12.3. The molecule has 1 aliphatic heterocycles. The van der Waals surface area contributed by atoms with Crippen molar-refractivity contribution >= 4 is 15.9 Å². The minimum absolute atomic E-state index is 0.113. The molecule has 0 unspecified atom stereocenters. The molecule has 1 aliphatic carbocycles. The number of likely N-dealkylation sites (tertiary alicyclic amines) is 1. The second kappa shape index (κ2) is 6.79. The van der Waals surface area contributed by atoms with E-state index in [2.05, 4.69) is 10.1 Å². The Bertz CT molecular complexity index is 698. The number of sulfonamides is 1. The van der Waals surface area contributed by atoms with E-state index in [0.29, 0.717) is 31.3 Å².